The van der Waals surface area contributed by atoms with Crippen LogP contribution in [0, 0.1) is 0 Å². The number of hydrogen-bond acceptors (Lipinski definition) is 5. The lowest BCUT2D eigenvalue weighted by Gasteiger charge is -2.13. The van der Waals surface area contributed by atoms with E-state index in [4.69, 9.17) is 9.47 Å². The van der Waals surface area contributed by atoms with Gasteiger partial charge in [0.2, 0.25) is 11.8 Å². The number of aromatic hydroxyl groups is 1. The summed E-state index contributed by atoms with van der Waals surface area (Å²) in [7, 11) is 0. The van der Waals surface area contributed by atoms with Gasteiger partial charge < -0.3 is 14.6 Å². The first kappa shape index (κ1) is 19.6. The highest BCUT2D eigenvalue weighted by Crippen LogP contribution is 2.34. The maximum atomic E-state index is 9.96. The molecule has 0 bridgehead atoms. The number of hydrogen-bond donors (Lipinski definition) is 1. The Labute approximate surface area is 185 Å². The Morgan fingerprint density at radius 3 is 2.16 bits per heavy atom. The fraction of sp³-hybridized carbons (Fsp3) is 0.0769. The largest absolute Gasteiger partial charge is 0.508 e. The van der Waals surface area contributed by atoms with Crippen LogP contribution >= 0.6 is 0 Å². The highest BCUT2D eigenvalue weighted by molar-refractivity contribution is 5.83. The molecule has 6 heteroatoms. The molecule has 0 aliphatic carbocycles. The van der Waals surface area contributed by atoms with E-state index in [9.17, 15) is 5.11 Å². The van der Waals surface area contributed by atoms with Crippen molar-refractivity contribution in [3.63, 3.8) is 0 Å². The standard InChI is InChI=1S/C26H21N3O3/c30-21-13-14-29-24(15-21)23(16-27-29)22-11-12-25(31-17-19-7-3-1-4-8-19)28-26(22)32-18-20-9-5-2-6-10-20/h1-16,30H,17-18H2. The second-order valence-corrected chi connectivity index (χ2v) is 7.32. The molecule has 1 N–H and O–H groups in total. The van der Waals surface area contributed by atoms with Crippen molar-refractivity contribution in [2.75, 3.05) is 0 Å². The van der Waals surface area contributed by atoms with Crippen molar-refractivity contribution in [3.8, 4) is 28.6 Å². The molecule has 0 aliphatic heterocycles. The van der Waals surface area contributed by atoms with Crippen molar-refractivity contribution >= 4 is 5.52 Å². The number of ether oxygens (including phenoxy) is 2. The van der Waals surface area contributed by atoms with Crippen molar-refractivity contribution < 1.29 is 14.6 Å². The summed E-state index contributed by atoms with van der Waals surface area (Å²) in [5.74, 6) is 1.08. The Morgan fingerprint density at radius 1 is 0.750 bits per heavy atom. The highest BCUT2D eigenvalue weighted by Gasteiger charge is 2.16. The normalized spacial score (nSPS) is 10.9. The van der Waals surface area contributed by atoms with Crippen LogP contribution in [0.5, 0.6) is 17.5 Å². The van der Waals surface area contributed by atoms with Crippen LogP contribution in [0.4, 0.5) is 0 Å². The third-order valence-electron chi connectivity index (χ3n) is 5.08. The van der Waals surface area contributed by atoms with Crippen LogP contribution in [0.15, 0.2) is 97.3 Å². The maximum absolute atomic E-state index is 9.96. The van der Waals surface area contributed by atoms with Gasteiger partial charge in [-0.2, -0.15) is 10.1 Å². The molecule has 158 valence electrons. The zero-order chi connectivity index (χ0) is 21.8. The summed E-state index contributed by atoms with van der Waals surface area (Å²) in [6, 6.07) is 26.9. The van der Waals surface area contributed by atoms with Gasteiger partial charge in [0, 0.05) is 29.5 Å². The lowest BCUT2D eigenvalue weighted by Crippen LogP contribution is -2.02. The molecule has 0 amide bonds. The van der Waals surface area contributed by atoms with Crippen LogP contribution in [-0.4, -0.2) is 19.7 Å². The Balaban J connectivity index is 1.48. The Morgan fingerprint density at radius 2 is 1.44 bits per heavy atom. The van der Waals surface area contributed by atoms with Gasteiger partial charge in [-0.15, -0.1) is 0 Å². The fourth-order valence-corrected chi connectivity index (χ4v) is 3.45. The third-order valence-corrected chi connectivity index (χ3v) is 5.08. The topological polar surface area (TPSA) is 68.9 Å². The molecule has 0 unspecified atom stereocenters. The molecule has 6 nitrogen and oxygen atoms in total. The van der Waals surface area contributed by atoms with E-state index in [1.807, 2.05) is 72.8 Å². The minimum Gasteiger partial charge on any atom is -0.508 e. The lowest BCUT2D eigenvalue weighted by molar-refractivity contribution is 0.268. The van der Waals surface area contributed by atoms with Gasteiger partial charge in [0.1, 0.15) is 19.0 Å². The Kier molecular flexibility index (Phi) is 5.41. The number of aromatic nitrogens is 3. The van der Waals surface area contributed by atoms with Gasteiger partial charge in [0.25, 0.3) is 0 Å². The molecule has 3 heterocycles. The van der Waals surface area contributed by atoms with E-state index in [0.29, 0.717) is 25.0 Å². The quantitative estimate of drug-likeness (QED) is 0.387. The summed E-state index contributed by atoms with van der Waals surface area (Å²) >= 11 is 0. The summed E-state index contributed by atoms with van der Waals surface area (Å²) in [5.41, 5.74) is 4.44. The molecule has 0 saturated carbocycles. The van der Waals surface area contributed by atoms with E-state index in [2.05, 4.69) is 10.1 Å². The molecule has 0 aliphatic rings. The third kappa shape index (κ3) is 4.25. The molecule has 5 aromatic rings. The van der Waals surface area contributed by atoms with E-state index in [1.54, 1.807) is 29.0 Å². The van der Waals surface area contributed by atoms with Crippen LogP contribution < -0.4 is 9.47 Å². The first-order chi connectivity index (χ1) is 15.8. The second-order valence-electron chi connectivity index (χ2n) is 7.32. The second kappa shape index (κ2) is 8.81. The van der Waals surface area contributed by atoms with E-state index in [-0.39, 0.29) is 5.75 Å². The summed E-state index contributed by atoms with van der Waals surface area (Å²) in [4.78, 5) is 4.64. The van der Waals surface area contributed by atoms with Crippen LogP contribution in [0.3, 0.4) is 0 Å². The maximum Gasteiger partial charge on any atom is 0.225 e. The zero-order valence-corrected chi connectivity index (χ0v) is 17.3. The first-order valence-electron chi connectivity index (χ1n) is 10.3. The summed E-state index contributed by atoms with van der Waals surface area (Å²) in [5, 5.41) is 14.3. The van der Waals surface area contributed by atoms with Gasteiger partial charge >= 0.3 is 0 Å². The summed E-state index contributed by atoms with van der Waals surface area (Å²) in [6.07, 6.45) is 3.45. The molecule has 32 heavy (non-hydrogen) atoms. The van der Waals surface area contributed by atoms with Crippen molar-refractivity contribution in [1.82, 2.24) is 14.6 Å². The molecule has 0 atom stereocenters. The lowest BCUT2D eigenvalue weighted by atomic mass is 10.1. The number of fused-ring (bicyclic) bond motifs is 1. The average Bonchev–Trinajstić information content (AvgIpc) is 3.25. The predicted molar refractivity (Wildman–Crippen MR) is 122 cm³/mol. The molecule has 0 spiro atoms. The van der Waals surface area contributed by atoms with Gasteiger partial charge in [-0.25, -0.2) is 4.52 Å². The van der Waals surface area contributed by atoms with E-state index in [1.165, 1.54) is 0 Å². The number of pyridine rings is 2. The fourth-order valence-electron chi connectivity index (χ4n) is 3.45. The molecule has 0 fully saturated rings. The van der Waals surface area contributed by atoms with Gasteiger partial charge in [-0.05, 0) is 23.3 Å². The summed E-state index contributed by atoms with van der Waals surface area (Å²) in [6.45, 7) is 0.781. The Hall–Kier alpha value is -4.32. The first-order valence-corrected chi connectivity index (χ1v) is 10.3. The van der Waals surface area contributed by atoms with Crippen molar-refractivity contribution in [3.05, 3.63) is 108 Å². The van der Waals surface area contributed by atoms with Gasteiger partial charge in [0.05, 0.1) is 11.7 Å². The SMILES string of the molecule is Oc1ccn2ncc(-c3ccc(OCc4ccccc4)nc3OCc3ccccc3)c2c1. The number of benzene rings is 2. The monoisotopic (exact) mass is 423 g/mol. The molecule has 0 saturated heterocycles. The molecule has 2 aromatic carbocycles. The molecular weight excluding hydrogens is 402 g/mol. The van der Waals surface area contributed by atoms with Crippen LogP contribution in [0.25, 0.3) is 16.6 Å². The Bertz CT molecular complexity index is 1330. The van der Waals surface area contributed by atoms with Gasteiger partial charge in [-0.1, -0.05) is 60.7 Å². The predicted octanol–water partition coefficient (Wildman–Crippen LogP) is 5.26. The minimum absolute atomic E-state index is 0.168. The van der Waals surface area contributed by atoms with E-state index < -0.39 is 0 Å². The van der Waals surface area contributed by atoms with Gasteiger partial charge in [0.15, 0.2) is 0 Å². The average molecular weight is 423 g/mol. The van der Waals surface area contributed by atoms with E-state index >= 15 is 0 Å². The van der Waals surface area contributed by atoms with Gasteiger partial charge in [-0.3, -0.25) is 0 Å². The molecule has 0 radical (unpaired) electrons. The van der Waals surface area contributed by atoms with Crippen molar-refractivity contribution in [2.24, 2.45) is 0 Å². The van der Waals surface area contributed by atoms with Crippen molar-refractivity contribution in [1.29, 1.82) is 0 Å². The van der Waals surface area contributed by atoms with Crippen LogP contribution in [-0.2, 0) is 13.2 Å². The molecule has 5 rings (SSSR count). The minimum atomic E-state index is 0.168. The molecular formula is C26H21N3O3. The van der Waals surface area contributed by atoms with Crippen LogP contribution in [0.2, 0.25) is 0 Å². The van der Waals surface area contributed by atoms with E-state index in [0.717, 1.165) is 27.8 Å². The molecule has 3 aromatic heterocycles. The summed E-state index contributed by atoms with van der Waals surface area (Å²) < 4.78 is 13.7. The van der Waals surface area contributed by atoms with Crippen molar-refractivity contribution in [2.45, 2.75) is 13.2 Å². The van der Waals surface area contributed by atoms with Crippen LogP contribution in [0.1, 0.15) is 11.1 Å². The smallest absolute Gasteiger partial charge is 0.225 e. The number of rotatable bonds is 7. The highest BCUT2D eigenvalue weighted by atomic mass is 16.5. The zero-order valence-electron chi connectivity index (χ0n) is 17.3. The number of nitrogens with zero attached hydrogens (tertiary/aromatic N) is 3.